The van der Waals surface area contributed by atoms with Gasteiger partial charge < -0.3 is 10.6 Å². The molecule has 2 heterocycles. The second kappa shape index (κ2) is 4.26. The largest absolute Gasteiger partial charge is 0.382 e. The van der Waals surface area contributed by atoms with Crippen molar-refractivity contribution in [2.75, 3.05) is 18.8 Å². The van der Waals surface area contributed by atoms with Crippen LogP contribution in [-0.4, -0.2) is 33.9 Å². The number of carbonyl (C=O) groups is 1. The third-order valence-corrected chi connectivity index (χ3v) is 2.32. The first kappa shape index (κ1) is 10.5. The van der Waals surface area contributed by atoms with Gasteiger partial charge in [-0.15, -0.1) is 0 Å². The molecule has 1 aromatic rings. The molecule has 5 nitrogen and oxygen atoms in total. The van der Waals surface area contributed by atoms with Gasteiger partial charge in [0.15, 0.2) is 11.5 Å². The fourth-order valence-corrected chi connectivity index (χ4v) is 1.54. The summed E-state index contributed by atoms with van der Waals surface area (Å²) in [4.78, 5) is 20.9. The zero-order chi connectivity index (χ0) is 11.5. The molecule has 0 aromatic carbocycles. The molecule has 0 spiro atoms. The van der Waals surface area contributed by atoms with E-state index in [-0.39, 0.29) is 29.8 Å². The average molecular weight is 222 g/mol. The number of nitrogens with zero attached hydrogens (tertiary/aromatic N) is 3. The van der Waals surface area contributed by atoms with Crippen LogP contribution in [-0.2, 0) is 0 Å². The van der Waals surface area contributed by atoms with Crippen LogP contribution in [0.25, 0.3) is 0 Å². The predicted octanol–water partition coefficient (Wildman–Crippen LogP) is 0.758. The van der Waals surface area contributed by atoms with E-state index >= 15 is 0 Å². The number of amides is 1. The van der Waals surface area contributed by atoms with Gasteiger partial charge in [-0.1, -0.05) is 0 Å². The molecule has 0 atom stereocenters. The molecule has 0 unspecified atom stereocenters. The first-order chi connectivity index (χ1) is 7.68. The number of nitrogens with two attached hydrogens (primary N) is 1. The number of anilines is 1. The highest BCUT2D eigenvalue weighted by Crippen LogP contribution is 2.14. The third-order valence-electron chi connectivity index (χ3n) is 2.32. The Hall–Kier alpha value is -1.98. The summed E-state index contributed by atoms with van der Waals surface area (Å²) in [6, 6.07) is 0. The lowest BCUT2D eigenvalue weighted by atomic mass is 10.2. The van der Waals surface area contributed by atoms with Crippen molar-refractivity contribution in [2.24, 2.45) is 0 Å². The van der Waals surface area contributed by atoms with Crippen molar-refractivity contribution in [3.63, 3.8) is 0 Å². The lowest BCUT2D eigenvalue weighted by Crippen LogP contribution is -2.36. The van der Waals surface area contributed by atoms with Crippen LogP contribution in [0.1, 0.15) is 16.9 Å². The minimum atomic E-state index is -0.381. The molecule has 0 bridgehead atoms. The maximum Gasteiger partial charge on any atom is 0.276 e. The van der Waals surface area contributed by atoms with Crippen LogP contribution in [0.5, 0.6) is 0 Å². The van der Waals surface area contributed by atoms with Gasteiger partial charge in [0.2, 0.25) is 0 Å². The summed E-state index contributed by atoms with van der Waals surface area (Å²) in [5, 5.41) is 0. The molecule has 0 saturated heterocycles. The van der Waals surface area contributed by atoms with E-state index in [2.05, 4.69) is 9.97 Å². The number of halogens is 1. The lowest BCUT2D eigenvalue weighted by Gasteiger charge is -2.24. The highest BCUT2D eigenvalue weighted by atomic mass is 19.1. The molecule has 6 heteroatoms. The minimum absolute atomic E-state index is 0.0190. The van der Waals surface area contributed by atoms with Crippen molar-refractivity contribution >= 4 is 11.7 Å². The Labute approximate surface area is 91.8 Å². The highest BCUT2D eigenvalue weighted by Gasteiger charge is 2.22. The molecule has 1 aliphatic heterocycles. The fraction of sp³-hybridized carbons (Fsp3) is 0.300. The second-order valence-corrected chi connectivity index (χ2v) is 3.46. The summed E-state index contributed by atoms with van der Waals surface area (Å²) in [7, 11) is 0. The van der Waals surface area contributed by atoms with Crippen LogP contribution >= 0.6 is 0 Å². The number of hydrogen-bond acceptors (Lipinski definition) is 4. The molecule has 2 rings (SSSR count). The van der Waals surface area contributed by atoms with E-state index in [1.165, 1.54) is 23.4 Å². The summed E-state index contributed by atoms with van der Waals surface area (Å²) in [5.41, 5.74) is 5.61. The van der Waals surface area contributed by atoms with Crippen LogP contribution in [0.4, 0.5) is 10.2 Å². The molecule has 1 aromatic heterocycles. The molecule has 0 fully saturated rings. The van der Waals surface area contributed by atoms with E-state index in [4.69, 9.17) is 5.73 Å². The Morgan fingerprint density at radius 2 is 2.19 bits per heavy atom. The van der Waals surface area contributed by atoms with E-state index in [1.807, 2.05) is 0 Å². The quantitative estimate of drug-likeness (QED) is 0.761. The molecule has 2 N–H and O–H groups in total. The number of rotatable bonds is 1. The molecular weight excluding hydrogens is 211 g/mol. The van der Waals surface area contributed by atoms with Crippen molar-refractivity contribution < 1.29 is 9.18 Å². The minimum Gasteiger partial charge on any atom is -0.382 e. The Balaban J connectivity index is 2.20. The highest BCUT2D eigenvalue weighted by molar-refractivity contribution is 5.96. The maximum absolute atomic E-state index is 13.0. The van der Waals surface area contributed by atoms with E-state index in [1.54, 1.807) is 0 Å². The van der Waals surface area contributed by atoms with Crippen LogP contribution in [0.2, 0.25) is 0 Å². The van der Waals surface area contributed by atoms with Crippen LogP contribution in [0, 0.1) is 0 Å². The molecule has 84 valence electrons. The summed E-state index contributed by atoms with van der Waals surface area (Å²) < 4.78 is 13.0. The number of hydrogen-bond donors (Lipinski definition) is 1. The topological polar surface area (TPSA) is 72.1 Å². The molecule has 1 aliphatic rings. The van der Waals surface area contributed by atoms with E-state index in [0.29, 0.717) is 13.0 Å². The summed E-state index contributed by atoms with van der Waals surface area (Å²) in [6.07, 6.45) is 4.78. The number of carbonyl (C=O) groups excluding carboxylic acids is 1. The third kappa shape index (κ3) is 2.00. The fourth-order valence-electron chi connectivity index (χ4n) is 1.54. The van der Waals surface area contributed by atoms with Crippen molar-refractivity contribution in [1.29, 1.82) is 0 Å². The lowest BCUT2D eigenvalue weighted by molar-refractivity contribution is 0.0750. The summed E-state index contributed by atoms with van der Waals surface area (Å²) in [6.45, 7) is 0.455. The zero-order valence-corrected chi connectivity index (χ0v) is 8.56. The monoisotopic (exact) mass is 222 g/mol. The van der Waals surface area contributed by atoms with Crippen molar-refractivity contribution in [3.05, 3.63) is 30.0 Å². The second-order valence-electron chi connectivity index (χ2n) is 3.46. The molecule has 0 radical (unpaired) electrons. The Kier molecular flexibility index (Phi) is 2.80. The van der Waals surface area contributed by atoms with E-state index < -0.39 is 0 Å². The van der Waals surface area contributed by atoms with E-state index in [0.717, 1.165) is 0 Å². The number of aromatic nitrogens is 2. The van der Waals surface area contributed by atoms with Gasteiger partial charge in [-0.25, -0.2) is 14.4 Å². The van der Waals surface area contributed by atoms with Gasteiger partial charge in [0.25, 0.3) is 5.91 Å². The van der Waals surface area contributed by atoms with Crippen molar-refractivity contribution in [3.8, 4) is 0 Å². The molecular formula is C10H11FN4O. The van der Waals surface area contributed by atoms with Crippen molar-refractivity contribution in [2.45, 2.75) is 6.42 Å². The SMILES string of the molecule is Nc1nccnc1C(=O)N1CCC=C(F)C1. The first-order valence-corrected chi connectivity index (χ1v) is 4.89. The standard InChI is InChI=1S/C10H11FN4O/c11-7-2-1-5-15(6-7)10(16)8-9(12)14-4-3-13-8/h2-4H,1,5-6H2,(H2,12,14). The van der Waals surface area contributed by atoms with Gasteiger partial charge in [0.05, 0.1) is 6.54 Å². The van der Waals surface area contributed by atoms with Gasteiger partial charge in [-0.2, -0.15) is 0 Å². The van der Waals surface area contributed by atoms with Gasteiger partial charge in [-0.3, -0.25) is 4.79 Å². The molecule has 1 amide bonds. The summed E-state index contributed by atoms with van der Waals surface area (Å²) in [5.74, 6) is -0.613. The van der Waals surface area contributed by atoms with Crippen LogP contribution in [0.15, 0.2) is 24.3 Å². The first-order valence-electron chi connectivity index (χ1n) is 4.89. The van der Waals surface area contributed by atoms with Gasteiger partial charge in [-0.05, 0) is 12.5 Å². The van der Waals surface area contributed by atoms with Gasteiger partial charge in [0.1, 0.15) is 5.83 Å². The zero-order valence-electron chi connectivity index (χ0n) is 8.56. The molecule has 16 heavy (non-hydrogen) atoms. The van der Waals surface area contributed by atoms with Crippen LogP contribution < -0.4 is 5.73 Å². The van der Waals surface area contributed by atoms with E-state index in [9.17, 15) is 9.18 Å². The van der Waals surface area contributed by atoms with Crippen LogP contribution in [0.3, 0.4) is 0 Å². The number of nitrogen functional groups attached to an aromatic ring is 1. The maximum atomic E-state index is 13.0. The predicted molar refractivity (Wildman–Crippen MR) is 56.2 cm³/mol. The smallest absolute Gasteiger partial charge is 0.276 e. The molecule has 0 aliphatic carbocycles. The Morgan fingerprint density at radius 1 is 1.44 bits per heavy atom. The Bertz CT molecular complexity index is 446. The summed E-state index contributed by atoms with van der Waals surface area (Å²) >= 11 is 0. The average Bonchev–Trinajstić information content (AvgIpc) is 2.29. The normalized spacial score (nSPS) is 15.8. The van der Waals surface area contributed by atoms with Crippen molar-refractivity contribution in [1.82, 2.24) is 14.9 Å². The Morgan fingerprint density at radius 3 is 2.88 bits per heavy atom. The van der Waals surface area contributed by atoms with Gasteiger partial charge >= 0.3 is 0 Å². The van der Waals surface area contributed by atoms with Gasteiger partial charge in [0, 0.05) is 18.9 Å². The molecule has 0 saturated carbocycles.